The zero-order chi connectivity index (χ0) is 22.6. The van der Waals surface area contributed by atoms with Crippen LogP contribution in [0.5, 0.6) is 0 Å². The van der Waals surface area contributed by atoms with Gasteiger partial charge in [-0.2, -0.15) is 0 Å². The van der Waals surface area contributed by atoms with Crippen LogP contribution in [0.15, 0.2) is 36.0 Å². The highest BCUT2D eigenvalue weighted by Gasteiger charge is 2.37. The van der Waals surface area contributed by atoms with E-state index in [1.165, 1.54) is 4.90 Å². The molecule has 1 aromatic carbocycles. The summed E-state index contributed by atoms with van der Waals surface area (Å²) in [6.07, 6.45) is 5.26. The molecule has 1 aliphatic carbocycles. The Hall–Kier alpha value is -2.54. The predicted molar refractivity (Wildman–Crippen MR) is 119 cm³/mol. The average molecular weight is 432 g/mol. The molecule has 2 aromatic rings. The summed E-state index contributed by atoms with van der Waals surface area (Å²) in [4.78, 5) is 17.5. The minimum Gasteiger partial charge on any atom is -0.383 e. The smallest absolute Gasteiger partial charge is 0.248 e. The molecule has 31 heavy (non-hydrogen) atoms. The molecule has 1 fully saturated rings. The Balaban J connectivity index is 2.07. The molecule has 0 atom stereocenters. The Morgan fingerprint density at radius 1 is 1.32 bits per heavy atom. The fourth-order valence-corrected chi connectivity index (χ4v) is 4.10. The van der Waals surface area contributed by atoms with Gasteiger partial charge in [0.1, 0.15) is 5.82 Å². The van der Waals surface area contributed by atoms with Crippen LogP contribution in [0.25, 0.3) is 16.6 Å². The van der Waals surface area contributed by atoms with Gasteiger partial charge in [-0.3, -0.25) is 4.79 Å². The third-order valence-electron chi connectivity index (χ3n) is 5.67. The van der Waals surface area contributed by atoms with Gasteiger partial charge in [0.15, 0.2) is 0 Å². The van der Waals surface area contributed by atoms with Gasteiger partial charge in [0.05, 0.1) is 17.6 Å². The van der Waals surface area contributed by atoms with Crippen molar-refractivity contribution in [3.05, 3.63) is 47.4 Å². The van der Waals surface area contributed by atoms with E-state index >= 15 is 0 Å². The SMILES string of the molecule is COCCn1c(C2CCC(F)(F)CC2)nc2ccc(/C(C=C(C)C)=C/N(C)C=O)cc21. The van der Waals surface area contributed by atoms with Crippen LogP contribution in [-0.2, 0) is 16.1 Å². The third kappa shape index (κ3) is 5.58. The molecule has 0 aliphatic heterocycles. The Morgan fingerprint density at radius 2 is 2.03 bits per heavy atom. The first-order valence-corrected chi connectivity index (χ1v) is 10.7. The molecule has 0 spiro atoms. The molecule has 1 aromatic heterocycles. The second kappa shape index (κ2) is 9.73. The van der Waals surface area contributed by atoms with E-state index in [-0.39, 0.29) is 18.8 Å². The lowest BCUT2D eigenvalue weighted by Gasteiger charge is -2.28. The van der Waals surface area contributed by atoms with Crippen molar-refractivity contribution in [3.63, 3.8) is 0 Å². The molecule has 5 nitrogen and oxygen atoms in total. The first-order chi connectivity index (χ1) is 14.7. The molecule has 0 N–H and O–H groups in total. The number of benzene rings is 1. The summed E-state index contributed by atoms with van der Waals surface area (Å²) >= 11 is 0. The largest absolute Gasteiger partial charge is 0.383 e. The van der Waals surface area contributed by atoms with E-state index in [2.05, 4.69) is 10.6 Å². The summed E-state index contributed by atoms with van der Waals surface area (Å²) in [5.74, 6) is -1.69. The number of ether oxygens (including phenoxy) is 1. The zero-order valence-corrected chi connectivity index (χ0v) is 18.7. The first-order valence-electron chi connectivity index (χ1n) is 10.7. The number of carbonyl (C=O) groups is 1. The van der Waals surface area contributed by atoms with E-state index in [0.29, 0.717) is 26.0 Å². The molecule has 1 aliphatic rings. The number of alkyl halides is 2. The number of carbonyl (C=O) groups excluding carboxylic acids is 1. The molecular formula is C24H31F2N3O2. The number of aromatic nitrogens is 2. The minimum atomic E-state index is -2.57. The van der Waals surface area contributed by atoms with Crippen molar-refractivity contribution in [2.75, 3.05) is 20.8 Å². The van der Waals surface area contributed by atoms with Gasteiger partial charge in [-0.25, -0.2) is 13.8 Å². The molecule has 0 bridgehead atoms. The van der Waals surface area contributed by atoms with Gasteiger partial charge in [-0.1, -0.05) is 17.7 Å². The lowest BCUT2D eigenvalue weighted by molar-refractivity contribution is -0.114. The van der Waals surface area contributed by atoms with Crippen molar-refractivity contribution in [2.45, 2.75) is 57.9 Å². The number of imidazole rings is 1. The summed E-state index contributed by atoms with van der Waals surface area (Å²) in [5, 5.41) is 0. The standard InChI is InChI=1S/C24H31F2N3O2/c1-17(2)13-20(15-28(3)16-30)19-5-6-21-22(14-19)29(11-12-31-4)23(27-21)18-7-9-24(25,26)10-8-18/h5-6,13-16,18H,7-12H2,1-4H3/b20-15+. The second-order valence-corrected chi connectivity index (χ2v) is 8.53. The van der Waals surface area contributed by atoms with Gasteiger partial charge < -0.3 is 14.2 Å². The maximum atomic E-state index is 13.7. The fraction of sp³-hybridized carbons (Fsp3) is 0.500. The fourth-order valence-electron chi connectivity index (χ4n) is 4.10. The summed E-state index contributed by atoms with van der Waals surface area (Å²) < 4.78 is 34.8. The van der Waals surface area contributed by atoms with Crippen LogP contribution in [0.4, 0.5) is 8.78 Å². The molecule has 0 unspecified atom stereocenters. The van der Waals surface area contributed by atoms with E-state index < -0.39 is 5.92 Å². The van der Waals surface area contributed by atoms with Crippen LogP contribution in [0.3, 0.4) is 0 Å². The number of amides is 1. The third-order valence-corrected chi connectivity index (χ3v) is 5.67. The van der Waals surface area contributed by atoms with Crippen LogP contribution in [0.1, 0.15) is 56.8 Å². The van der Waals surface area contributed by atoms with Crippen molar-refractivity contribution in [2.24, 2.45) is 0 Å². The molecule has 1 heterocycles. The maximum Gasteiger partial charge on any atom is 0.248 e. The number of fused-ring (bicyclic) bond motifs is 1. The van der Waals surface area contributed by atoms with Crippen LogP contribution in [0, 0.1) is 0 Å². The number of nitrogens with zero attached hydrogens (tertiary/aromatic N) is 3. The van der Waals surface area contributed by atoms with Gasteiger partial charge in [0, 0.05) is 45.7 Å². The molecule has 0 radical (unpaired) electrons. The highest BCUT2D eigenvalue weighted by molar-refractivity contribution is 5.84. The Kier molecular flexibility index (Phi) is 7.26. The molecule has 168 valence electrons. The van der Waals surface area contributed by atoms with Gasteiger partial charge >= 0.3 is 0 Å². The molecule has 0 saturated heterocycles. The molecule has 1 saturated carbocycles. The number of hydrogen-bond donors (Lipinski definition) is 0. The van der Waals surface area contributed by atoms with Crippen LogP contribution < -0.4 is 0 Å². The molecule has 3 rings (SSSR count). The van der Waals surface area contributed by atoms with Gasteiger partial charge in [0.25, 0.3) is 0 Å². The lowest BCUT2D eigenvalue weighted by atomic mass is 9.86. The molecular weight excluding hydrogens is 400 g/mol. The number of methoxy groups -OCH3 is 1. The highest BCUT2D eigenvalue weighted by atomic mass is 19.3. The predicted octanol–water partition coefficient (Wildman–Crippen LogP) is 5.37. The Morgan fingerprint density at radius 3 is 2.65 bits per heavy atom. The van der Waals surface area contributed by atoms with Crippen molar-refractivity contribution < 1.29 is 18.3 Å². The summed E-state index contributed by atoms with van der Waals surface area (Å²) in [6.45, 7) is 5.13. The Labute approximate surface area is 182 Å². The normalized spacial score (nSPS) is 17.0. The average Bonchev–Trinajstić information content (AvgIpc) is 3.08. The zero-order valence-electron chi connectivity index (χ0n) is 18.7. The monoisotopic (exact) mass is 431 g/mol. The second-order valence-electron chi connectivity index (χ2n) is 8.53. The van der Waals surface area contributed by atoms with E-state index in [4.69, 9.17) is 9.72 Å². The van der Waals surface area contributed by atoms with E-state index in [1.54, 1.807) is 20.4 Å². The van der Waals surface area contributed by atoms with Gasteiger partial charge in [-0.05, 0) is 50.0 Å². The van der Waals surface area contributed by atoms with Crippen molar-refractivity contribution in [1.29, 1.82) is 0 Å². The number of allylic oxidation sites excluding steroid dienone is 3. The topological polar surface area (TPSA) is 47.4 Å². The highest BCUT2D eigenvalue weighted by Crippen LogP contribution is 2.41. The van der Waals surface area contributed by atoms with Gasteiger partial charge in [0.2, 0.25) is 12.3 Å². The van der Waals surface area contributed by atoms with E-state index in [9.17, 15) is 13.6 Å². The van der Waals surface area contributed by atoms with Crippen molar-refractivity contribution in [3.8, 4) is 0 Å². The number of rotatable bonds is 8. The van der Waals surface area contributed by atoms with Gasteiger partial charge in [-0.15, -0.1) is 0 Å². The number of hydrogen-bond acceptors (Lipinski definition) is 3. The Bertz CT molecular complexity index is 980. The summed E-state index contributed by atoms with van der Waals surface area (Å²) in [5.41, 5.74) is 4.77. The van der Waals surface area contributed by atoms with Crippen LogP contribution in [0.2, 0.25) is 0 Å². The van der Waals surface area contributed by atoms with E-state index in [0.717, 1.165) is 40.0 Å². The van der Waals surface area contributed by atoms with Crippen molar-refractivity contribution in [1.82, 2.24) is 14.5 Å². The summed E-state index contributed by atoms with van der Waals surface area (Å²) in [6, 6.07) is 6.00. The number of halogens is 2. The molecule has 7 heteroatoms. The lowest BCUT2D eigenvalue weighted by Crippen LogP contribution is -2.25. The molecule has 1 amide bonds. The van der Waals surface area contributed by atoms with Crippen LogP contribution >= 0.6 is 0 Å². The summed E-state index contributed by atoms with van der Waals surface area (Å²) in [7, 11) is 3.35. The van der Waals surface area contributed by atoms with Crippen LogP contribution in [-0.4, -0.2) is 47.5 Å². The van der Waals surface area contributed by atoms with Crippen molar-refractivity contribution >= 4 is 23.0 Å². The van der Waals surface area contributed by atoms with E-state index in [1.807, 2.05) is 32.1 Å². The maximum absolute atomic E-state index is 13.7. The quantitative estimate of drug-likeness (QED) is 0.417. The first kappa shape index (κ1) is 23.1. The minimum absolute atomic E-state index is 0.0151.